The quantitative estimate of drug-likeness (QED) is 0.220. The zero-order valence-electron chi connectivity index (χ0n) is 20.1. The summed E-state index contributed by atoms with van der Waals surface area (Å²) < 4.78 is 13.0. The standard InChI is InChI=1S/C25H32ClN3O3/c1-15(2)13-21(30)31-17(4)32-24(23-22(26)16(3)28-29(23)8)20(14-27)18-9-11-19(12-10-18)25(5,6)7/h9-12,15,17H,13H2,1-8H3/b24-20-. The Kier molecular flexibility index (Phi) is 8.14. The van der Waals surface area contributed by atoms with E-state index in [1.807, 2.05) is 38.1 Å². The highest BCUT2D eigenvalue weighted by molar-refractivity contribution is 6.33. The molecule has 1 aromatic heterocycles. The van der Waals surface area contributed by atoms with Crippen LogP contribution in [0.25, 0.3) is 11.3 Å². The number of carbonyl (C=O) groups excluding carboxylic acids is 1. The van der Waals surface area contributed by atoms with Crippen molar-refractivity contribution in [2.75, 3.05) is 0 Å². The van der Waals surface area contributed by atoms with Gasteiger partial charge in [-0.05, 0) is 29.4 Å². The summed E-state index contributed by atoms with van der Waals surface area (Å²) in [5.41, 5.74) is 3.14. The SMILES string of the molecule is Cc1nn(C)c(/C(OC(C)OC(=O)CC(C)C)=C(\C#N)c2ccc(C(C)(C)C)cc2)c1Cl. The molecule has 32 heavy (non-hydrogen) atoms. The summed E-state index contributed by atoms with van der Waals surface area (Å²) in [7, 11) is 1.73. The van der Waals surface area contributed by atoms with Crippen molar-refractivity contribution in [2.24, 2.45) is 13.0 Å². The van der Waals surface area contributed by atoms with Crippen molar-refractivity contribution >= 4 is 28.9 Å². The molecule has 0 N–H and O–H groups in total. The molecule has 0 bridgehead atoms. The zero-order valence-corrected chi connectivity index (χ0v) is 20.9. The van der Waals surface area contributed by atoms with E-state index in [-0.39, 0.29) is 35.1 Å². The Morgan fingerprint density at radius 3 is 2.22 bits per heavy atom. The van der Waals surface area contributed by atoms with Crippen molar-refractivity contribution in [3.8, 4) is 6.07 Å². The predicted octanol–water partition coefficient (Wildman–Crippen LogP) is 6.02. The van der Waals surface area contributed by atoms with Crippen molar-refractivity contribution in [3.63, 3.8) is 0 Å². The Hall–Kier alpha value is -2.78. The molecular formula is C25H32ClN3O3. The molecular weight excluding hydrogens is 426 g/mol. The van der Waals surface area contributed by atoms with Gasteiger partial charge in [0.1, 0.15) is 17.3 Å². The molecule has 2 aromatic rings. The minimum absolute atomic E-state index is 0.0179. The minimum atomic E-state index is -0.917. The molecule has 6 nitrogen and oxygen atoms in total. The number of benzene rings is 1. The molecule has 0 fully saturated rings. The van der Waals surface area contributed by atoms with Crippen LogP contribution in [0.4, 0.5) is 0 Å². The number of halogens is 1. The molecule has 7 heteroatoms. The third-order valence-electron chi connectivity index (χ3n) is 4.90. The average molecular weight is 458 g/mol. The molecule has 0 saturated heterocycles. The van der Waals surface area contributed by atoms with Gasteiger partial charge < -0.3 is 9.47 Å². The van der Waals surface area contributed by atoms with E-state index in [2.05, 4.69) is 31.9 Å². The van der Waals surface area contributed by atoms with Gasteiger partial charge in [-0.1, -0.05) is 70.5 Å². The predicted molar refractivity (Wildman–Crippen MR) is 127 cm³/mol. The third-order valence-corrected chi connectivity index (χ3v) is 5.35. The second-order valence-electron chi connectivity index (χ2n) is 9.29. The van der Waals surface area contributed by atoms with Crippen molar-refractivity contribution < 1.29 is 14.3 Å². The van der Waals surface area contributed by atoms with E-state index < -0.39 is 6.29 Å². The Morgan fingerprint density at radius 1 is 1.19 bits per heavy atom. The Morgan fingerprint density at radius 2 is 1.78 bits per heavy atom. The van der Waals surface area contributed by atoms with Crippen LogP contribution in [0.1, 0.15) is 70.5 Å². The number of carbonyl (C=O) groups is 1. The topological polar surface area (TPSA) is 77.1 Å². The molecule has 0 aliphatic rings. The van der Waals surface area contributed by atoms with Gasteiger partial charge in [0.25, 0.3) is 0 Å². The second kappa shape index (κ2) is 10.2. The zero-order chi connectivity index (χ0) is 24.2. The summed E-state index contributed by atoms with van der Waals surface area (Å²) in [5, 5.41) is 14.8. The summed E-state index contributed by atoms with van der Waals surface area (Å²) in [4.78, 5) is 12.1. The van der Waals surface area contributed by atoms with E-state index >= 15 is 0 Å². The van der Waals surface area contributed by atoms with Gasteiger partial charge >= 0.3 is 5.97 Å². The molecule has 172 valence electrons. The molecule has 0 radical (unpaired) electrons. The van der Waals surface area contributed by atoms with E-state index in [0.29, 0.717) is 22.0 Å². The number of aromatic nitrogens is 2. The lowest BCUT2D eigenvalue weighted by molar-refractivity contribution is -0.165. The number of nitrogens with zero attached hydrogens (tertiary/aromatic N) is 3. The number of hydrogen-bond acceptors (Lipinski definition) is 5. The van der Waals surface area contributed by atoms with E-state index in [4.69, 9.17) is 21.1 Å². The maximum Gasteiger partial charge on any atom is 0.309 e. The molecule has 1 unspecified atom stereocenters. The number of ether oxygens (including phenoxy) is 2. The number of hydrogen-bond donors (Lipinski definition) is 0. The first-order valence-electron chi connectivity index (χ1n) is 10.7. The molecule has 0 aliphatic heterocycles. The summed E-state index contributed by atoms with van der Waals surface area (Å²) in [6.45, 7) is 13.7. The molecule has 0 spiro atoms. The van der Waals surface area contributed by atoms with Gasteiger partial charge in [-0.15, -0.1) is 0 Å². The van der Waals surface area contributed by atoms with Gasteiger partial charge in [-0.2, -0.15) is 10.4 Å². The van der Waals surface area contributed by atoms with Gasteiger partial charge in [-0.3, -0.25) is 9.48 Å². The lowest BCUT2D eigenvalue weighted by atomic mass is 9.86. The minimum Gasteiger partial charge on any atom is -0.451 e. The largest absolute Gasteiger partial charge is 0.451 e. The normalized spacial score (nSPS) is 13.4. The van der Waals surface area contributed by atoms with Crippen molar-refractivity contribution in [1.82, 2.24) is 9.78 Å². The summed E-state index contributed by atoms with van der Waals surface area (Å²) in [6, 6.07) is 10.00. The number of allylic oxidation sites excluding steroid dienone is 1. The van der Waals surface area contributed by atoms with E-state index in [1.165, 1.54) is 0 Å². The summed E-state index contributed by atoms with van der Waals surface area (Å²) >= 11 is 6.53. The molecule has 1 heterocycles. The Labute approximate surface area is 195 Å². The Bertz CT molecular complexity index is 1040. The highest BCUT2D eigenvalue weighted by Gasteiger charge is 2.25. The fourth-order valence-electron chi connectivity index (χ4n) is 3.25. The van der Waals surface area contributed by atoms with Crippen LogP contribution in [0, 0.1) is 24.2 Å². The van der Waals surface area contributed by atoms with Crippen molar-refractivity contribution in [2.45, 2.75) is 66.6 Å². The summed E-state index contributed by atoms with van der Waals surface area (Å²) in [5.74, 6) is 0.0102. The van der Waals surface area contributed by atoms with Crippen LogP contribution in [-0.2, 0) is 26.7 Å². The molecule has 1 atom stereocenters. The van der Waals surface area contributed by atoms with Crippen molar-refractivity contribution in [3.05, 3.63) is 51.8 Å². The Balaban J connectivity index is 2.56. The number of rotatable bonds is 7. The third kappa shape index (κ3) is 6.14. The first kappa shape index (κ1) is 25.5. The smallest absolute Gasteiger partial charge is 0.309 e. The first-order chi connectivity index (χ1) is 14.8. The van der Waals surface area contributed by atoms with Crippen LogP contribution in [0.2, 0.25) is 5.02 Å². The average Bonchev–Trinajstić information content (AvgIpc) is 2.92. The first-order valence-corrected chi connectivity index (χ1v) is 11.0. The van der Waals surface area contributed by atoms with E-state index in [9.17, 15) is 10.1 Å². The van der Waals surface area contributed by atoms with Crippen molar-refractivity contribution in [1.29, 1.82) is 5.26 Å². The van der Waals surface area contributed by atoms with Crippen LogP contribution in [0.3, 0.4) is 0 Å². The van der Waals surface area contributed by atoms with E-state index in [0.717, 1.165) is 5.56 Å². The highest BCUT2D eigenvalue weighted by Crippen LogP contribution is 2.35. The van der Waals surface area contributed by atoms with Crippen LogP contribution >= 0.6 is 11.6 Å². The second-order valence-corrected chi connectivity index (χ2v) is 9.67. The lowest BCUT2D eigenvalue weighted by Crippen LogP contribution is -2.20. The number of esters is 1. The van der Waals surface area contributed by atoms with E-state index in [1.54, 1.807) is 25.6 Å². The van der Waals surface area contributed by atoms with Crippen LogP contribution in [0.15, 0.2) is 24.3 Å². The van der Waals surface area contributed by atoms with Gasteiger partial charge in [0.05, 0.1) is 10.7 Å². The monoisotopic (exact) mass is 457 g/mol. The van der Waals surface area contributed by atoms with Gasteiger partial charge in [0, 0.05) is 20.4 Å². The molecule has 0 saturated carbocycles. The highest BCUT2D eigenvalue weighted by atomic mass is 35.5. The lowest BCUT2D eigenvalue weighted by Gasteiger charge is -2.21. The van der Waals surface area contributed by atoms with Gasteiger partial charge in [0.2, 0.25) is 6.29 Å². The van der Waals surface area contributed by atoms with Gasteiger partial charge in [-0.25, -0.2) is 0 Å². The summed E-state index contributed by atoms with van der Waals surface area (Å²) in [6.07, 6.45) is -0.641. The molecule has 2 rings (SSSR count). The van der Waals surface area contributed by atoms with Crippen LogP contribution in [-0.4, -0.2) is 22.0 Å². The molecule has 0 aliphatic carbocycles. The molecule has 0 amide bonds. The molecule has 1 aromatic carbocycles. The number of nitriles is 1. The maximum absolute atomic E-state index is 12.1. The maximum atomic E-state index is 12.1. The number of aryl methyl sites for hydroxylation is 2. The van der Waals surface area contributed by atoms with Crippen LogP contribution < -0.4 is 0 Å². The fraction of sp³-hybridized carbons (Fsp3) is 0.480. The van der Waals surface area contributed by atoms with Crippen LogP contribution in [0.5, 0.6) is 0 Å². The fourth-order valence-corrected chi connectivity index (χ4v) is 3.50. The van der Waals surface area contributed by atoms with Gasteiger partial charge in [0.15, 0.2) is 5.76 Å².